The van der Waals surface area contributed by atoms with Crippen molar-refractivity contribution in [2.24, 2.45) is 0 Å². The van der Waals surface area contributed by atoms with E-state index in [0.717, 1.165) is 16.9 Å². The number of nitrogens with two attached hydrogens (primary N) is 1. The molecule has 0 amide bonds. The van der Waals surface area contributed by atoms with Crippen molar-refractivity contribution in [2.75, 3.05) is 11.1 Å². The largest absolute Gasteiger partial charge is 0.368 e. The summed E-state index contributed by atoms with van der Waals surface area (Å²) in [5.74, 6) is 0.917. The number of nitrogen functional groups attached to an aromatic ring is 1. The van der Waals surface area contributed by atoms with Crippen molar-refractivity contribution >= 4 is 29.1 Å². The van der Waals surface area contributed by atoms with Gasteiger partial charge in [0.15, 0.2) is 0 Å². The molecular formula is C14H19ClN4. The van der Waals surface area contributed by atoms with E-state index in [-0.39, 0.29) is 5.95 Å². The summed E-state index contributed by atoms with van der Waals surface area (Å²) in [6, 6.07) is 7.56. The maximum absolute atomic E-state index is 6.05. The normalized spacial score (nSPS) is 9.53. The van der Waals surface area contributed by atoms with Crippen molar-refractivity contribution in [3.8, 4) is 0 Å². The molecule has 0 saturated carbocycles. The van der Waals surface area contributed by atoms with Gasteiger partial charge < -0.3 is 11.1 Å². The summed E-state index contributed by atoms with van der Waals surface area (Å²) in [5, 5.41) is 3.85. The van der Waals surface area contributed by atoms with Crippen LogP contribution in [0.15, 0.2) is 24.3 Å². The van der Waals surface area contributed by atoms with Gasteiger partial charge in [0.1, 0.15) is 5.82 Å². The van der Waals surface area contributed by atoms with Crippen LogP contribution in [0, 0.1) is 13.8 Å². The average molecular weight is 279 g/mol. The van der Waals surface area contributed by atoms with Gasteiger partial charge in [0.2, 0.25) is 5.95 Å². The maximum Gasteiger partial charge on any atom is 0.222 e. The number of aryl methyl sites for hydroxylation is 2. The van der Waals surface area contributed by atoms with Gasteiger partial charge in [-0.05, 0) is 31.5 Å². The zero-order valence-corrected chi connectivity index (χ0v) is 12.4. The van der Waals surface area contributed by atoms with Gasteiger partial charge in [0.05, 0.1) is 0 Å². The highest BCUT2D eigenvalue weighted by Crippen LogP contribution is 2.22. The van der Waals surface area contributed by atoms with Gasteiger partial charge in [-0.2, -0.15) is 4.98 Å². The predicted molar refractivity (Wildman–Crippen MR) is 82.0 cm³/mol. The Labute approximate surface area is 119 Å². The molecule has 102 valence electrons. The van der Waals surface area contributed by atoms with E-state index in [1.165, 1.54) is 0 Å². The second-order valence-electron chi connectivity index (χ2n) is 3.84. The van der Waals surface area contributed by atoms with E-state index >= 15 is 0 Å². The number of anilines is 3. The standard InChI is InChI=1S/C12H13ClN4.C2H6/c1-7-3-4-9(6-10(7)13)16-11-5-8(2)15-12(14)17-11;1-2/h3-6H,1-2H3,(H3,14,15,16,17);1-2H3. The van der Waals surface area contributed by atoms with Crippen LogP contribution in [0.5, 0.6) is 0 Å². The highest BCUT2D eigenvalue weighted by Gasteiger charge is 2.01. The Morgan fingerprint density at radius 1 is 1.11 bits per heavy atom. The monoisotopic (exact) mass is 278 g/mol. The first kappa shape index (κ1) is 15.2. The predicted octanol–water partition coefficient (Wildman–Crippen LogP) is 4.10. The zero-order valence-electron chi connectivity index (χ0n) is 11.7. The number of hydrogen-bond donors (Lipinski definition) is 2. The zero-order chi connectivity index (χ0) is 14.4. The van der Waals surface area contributed by atoms with E-state index in [4.69, 9.17) is 17.3 Å². The van der Waals surface area contributed by atoms with Crippen LogP contribution in [0.4, 0.5) is 17.5 Å². The summed E-state index contributed by atoms with van der Waals surface area (Å²) in [6.45, 7) is 7.82. The van der Waals surface area contributed by atoms with Gasteiger partial charge in [-0.25, -0.2) is 4.98 Å². The topological polar surface area (TPSA) is 63.8 Å². The maximum atomic E-state index is 6.05. The fourth-order valence-electron chi connectivity index (χ4n) is 1.47. The molecule has 0 bridgehead atoms. The molecule has 0 aliphatic heterocycles. The van der Waals surface area contributed by atoms with Gasteiger partial charge in [0, 0.05) is 22.5 Å². The van der Waals surface area contributed by atoms with Gasteiger partial charge in [-0.15, -0.1) is 0 Å². The fraction of sp³-hybridized carbons (Fsp3) is 0.286. The van der Waals surface area contributed by atoms with E-state index in [1.54, 1.807) is 0 Å². The van der Waals surface area contributed by atoms with Crippen LogP contribution in [-0.2, 0) is 0 Å². The molecule has 2 rings (SSSR count). The van der Waals surface area contributed by atoms with Crippen LogP contribution in [-0.4, -0.2) is 9.97 Å². The van der Waals surface area contributed by atoms with Gasteiger partial charge in [0.25, 0.3) is 0 Å². The van der Waals surface area contributed by atoms with Crippen molar-refractivity contribution < 1.29 is 0 Å². The summed E-state index contributed by atoms with van der Waals surface area (Å²) in [5.41, 5.74) is 8.31. The van der Waals surface area contributed by atoms with E-state index in [1.807, 2.05) is 52.0 Å². The Hall–Kier alpha value is -1.81. The molecule has 0 atom stereocenters. The molecule has 0 aliphatic carbocycles. The number of nitrogens with zero attached hydrogens (tertiary/aromatic N) is 2. The molecule has 1 heterocycles. The number of hydrogen-bond acceptors (Lipinski definition) is 4. The molecule has 0 unspecified atom stereocenters. The summed E-state index contributed by atoms with van der Waals surface area (Å²) < 4.78 is 0. The number of aromatic nitrogens is 2. The minimum absolute atomic E-state index is 0.255. The number of nitrogens with one attached hydrogen (secondary N) is 1. The van der Waals surface area contributed by atoms with Crippen LogP contribution < -0.4 is 11.1 Å². The van der Waals surface area contributed by atoms with Crippen LogP contribution in [0.1, 0.15) is 25.1 Å². The minimum Gasteiger partial charge on any atom is -0.368 e. The fourth-order valence-corrected chi connectivity index (χ4v) is 1.65. The van der Waals surface area contributed by atoms with Crippen molar-refractivity contribution in [1.29, 1.82) is 0 Å². The first-order valence-electron chi connectivity index (χ1n) is 6.19. The third-order valence-corrected chi connectivity index (χ3v) is 2.72. The molecule has 0 aliphatic rings. The molecule has 0 fully saturated rings. The molecule has 3 N–H and O–H groups in total. The van der Waals surface area contributed by atoms with Crippen molar-refractivity contribution in [2.45, 2.75) is 27.7 Å². The Morgan fingerprint density at radius 2 is 1.79 bits per heavy atom. The highest BCUT2D eigenvalue weighted by atomic mass is 35.5. The molecule has 5 heteroatoms. The first-order chi connectivity index (χ1) is 9.04. The molecule has 2 aromatic rings. The first-order valence-corrected chi connectivity index (χ1v) is 6.57. The third kappa shape index (κ3) is 4.41. The molecule has 0 saturated heterocycles. The van der Waals surface area contributed by atoms with Crippen molar-refractivity contribution in [3.63, 3.8) is 0 Å². The van der Waals surface area contributed by atoms with Crippen LogP contribution in [0.3, 0.4) is 0 Å². The van der Waals surface area contributed by atoms with E-state index < -0.39 is 0 Å². The summed E-state index contributed by atoms with van der Waals surface area (Å²) in [6.07, 6.45) is 0. The molecule has 19 heavy (non-hydrogen) atoms. The number of rotatable bonds is 2. The Morgan fingerprint density at radius 3 is 2.37 bits per heavy atom. The lowest BCUT2D eigenvalue weighted by Crippen LogP contribution is -2.01. The quantitative estimate of drug-likeness (QED) is 0.868. The lowest BCUT2D eigenvalue weighted by Gasteiger charge is -2.08. The van der Waals surface area contributed by atoms with Crippen LogP contribution in [0.25, 0.3) is 0 Å². The molecular weight excluding hydrogens is 260 g/mol. The third-order valence-electron chi connectivity index (χ3n) is 2.32. The minimum atomic E-state index is 0.255. The van der Waals surface area contributed by atoms with Crippen LogP contribution >= 0.6 is 11.6 Å². The second kappa shape index (κ2) is 6.95. The lowest BCUT2D eigenvalue weighted by molar-refractivity contribution is 1.12. The Bertz CT molecular complexity index is 535. The average Bonchev–Trinajstić information content (AvgIpc) is 2.35. The molecule has 1 aromatic carbocycles. The molecule has 4 nitrogen and oxygen atoms in total. The number of benzene rings is 1. The van der Waals surface area contributed by atoms with Crippen molar-refractivity contribution in [1.82, 2.24) is 9.97 Å². The Balaban J connectivity index is 0.000000861. The van der Waals surface area contributed by atoms with E-state index in [2.05, 4.69) is 15.3 Å². The smallest absolute Gasteiger partial charge is 0.222 e. The summed E-state index contributed by atoms with van der Waals surface area (Å²) in [7, 11) is 0. The lowest BCUT2D eigenvalue weighted by atomic mass is 10.2. The molecule has 0 radical (unpaired) electrons. The van der Waals surface area contributed by atoms with E-state index in [0.29, 0.717) is 10.8 Å². The SMILES string of the molecule is CC.Cc1cc(Nc2ccc(C)c(Cl)c2)nc(N)n1. The summed E-state index contributed by atoms with van der Waals surface area (Å²) >= 11 is 6.05. The number of halogens is 1. The molecule has 1 aromatic heterocycles. The molecule has 0 spiro atoms. The van der Waals surface area contributed by atoms with Gasteiger partial charge in [-0.3, -0.25) is 0 Å². The van der Waals surface area contributed by atoms with E-state index in [9.17, 15) is 0 Å². The van der Waals surface area contributed by atoms with Crippen molar-refractivity contribution in [3.05, 3.63) is 40.5 Å². The van der Waals surface area contributed by atoms with Gasteiger partial charge in [-0.1, -0.05) is 31.5 Å². The highest BCUT2D eigenvalue weighted by molar-refractivity contribution is 6.31. The van der Waals surface area contributed by atoms with Crippen LogP contribution in [0.2, 0.25) is 5.02 Å². The second-order valence-corrected chi connectivity index (χ2v) is 4.25. The Kier molecular flexibility index (Phi) is 5.57. The summed E-state index contributed by atoms with van der Waals surface area (Å²) in [4.78, 5) is 8.10. The van der Waals surface area contributed by atoms with Gasteiger partial charge >= 0.3 is 0 Å².